The van der Waals surface area contributed by atoms with Gasteiger partial charge in [0.1, 0.15) is 6.04 Å². The van der Waals surface area contributed by atoms with E-state index in [0.29, 0.717) is 6.61 Å². The molecule has 0 spiro atoms. The normalized spacial score (nSPS) is 31.1. The van der Waals surface area contributed by atoms with Gasteiger partial charge in [0.25, 0.3) is 0 Å². The molecule has 0 unspecified atom stereocenters. The first-order valence-electron chi connectivity index (χ1n) is 7.13. The third kappa shape index (κ3) is 3.98. The highest BCUT2D eigenvalue weighted by atomic mass is 35.5. The molecule has 5 nitrogen and oxygen atoms in total. The largest absolute Gasteiger partial charge is 0.375 e. The molecule has 0 aromatic carbocycles. The SMILES string of the molecule is C[C@H]1OCCN[C@@H]1C(=O)N1CCN(C2CC2)CC1.Cl.Cl. The van der Waals surface area contributed by atoms with Gasteiger partial charge in [0, 0.05) is 38.8 Å². The van der Waals surface area contributed by atoms with Gasteiger partial charge in [-0.05, 0) is 19.8 Å². The Balaban J connectivity index is 0.000001000. The molecule has 2 saturated heterocycles. The van der Waals surface area contributed by atoms with Gasteiger partial charge in [-0.2, -0.15) is 0 Å². The molecule has 0 aromatic heterocycles. The fourth-order valence-corrected chi connectivity index (χ4v) is 2.95. The first-order chi connectivity index (χ1) is 8.75. The number of nitrogens with one attached hydrogen (secondary N) is 1. The highest BCUT2D eigenvalue weighted by Crippen LogP contribution is 2.27. The summed E-state index contributed by atoms with van der Waals surface area (Å²) in [6.45, 7) is 7.30. The zero-order valence-electron chi connectivity index (χ0n) is 11.9. The zero-order chi connectivity index (χ0) is 12.5. The molecule has 118 valence electrons. The van der Waals surface area contributed by atoms with Crippen LogP contribution in [-0.4, -0.2) is 73.2 Å². The predicted octanol–water partition coefficient (Wildman–Crippen LogP) is 0.513. The van der Waals surface area contributed by atoms with E-state index in [1.165, 1.54) is 12.8 Å². The maximum Gasteiger partial charge on any atom is 0.242 e. The number of amides is 1. The molecule has 20 heavy (non-hydrogen) atoms. The van der Waals surface area contributed by atoms with E-state index in [2.05, 4.69) is 10.2 Å². The van der Waals surface area contributed by atoms with Crippen LogP contribution >= 0.6 is 24.8 Å². The van der Waals surface area contributed by atoms with Crippen LogP contribution in [0.5, 0.6) is 0 Å². The van der Waals surface area contributed by atoms with Crippen molar-refractivity contribution in [3.05, 3.63) is 0 Å². The molecule has 0 bridgehead atoms. The second-order valence-corrected chi connectivity index (χ2v) is 5.60. The monoisotopic (exact) mass is 325 g/mol. The van der Waals surface area contributed by atoms with Crippen LogP contribution in [0.3, 0.4) is 0 Å². The number of carbonyl (C=O) groups is 1. The molecule has 0 aromatic rings. The summed E-state index contributed by atoms with van der Waals surface area (Å²) in [5, 5.41) is 3.28. The highest BCUT2D eigenvalue weighted by molar-refractivity contribution is 5.85. The smallest absolute Gasteiger partial charge is 0.242 e. The van der Waals surface area contributed by atoms with Crippen molar-refractivity contribution < 1.29 is 9.53 Å². The summed E-state index contributed by atoms with van der Waals surface area (Å²) in [6.07, 6.45) is 2.69. The number of nitrogens with zero attached hydrogens (tertiary/aromatic N) is 2. The maximum absolute atomic E-state index is 12.4. The van der Waals surface area contributed by atoms with Crippen molar-refractivity contribution in [2.45, 2.75) is 38.0 Å². The van der Waals surface area contributed by atoms with Crippen LogP contribution in [0.25, 0.3) is 0 Å². The topological polar surface area (TPSA) is 44.8 Å². The number of hydrogen-bond donors (Lipinski definition) is 1. The third-order valence-corrected chi connectivity index (χ3v) is 4.27. The molecule has 3 aliphatic rings. The molecule has 0 radical (unpaired) electrons. The maximum atomic E-state index is 12.4. The van der Waals surface area contributed by atoms with Crippen molar-refractivity contribution in [3.63, 3.8) is 0 Å². The Morgan fingerprint density at radius 1 is 1.15 bits per heavy atom. The molecule has 2 heterocycles. The van der Waals surface area contributed by atoms with E-state index in [0.717, 1.165) is 38.8 Å². The van der Waals surface area contributed by atoms with E-state index in [1.54, 1.807) is 0 Å². The van der Waals surface area contributed by atoms with Gasteiger partial charge in [-0.3, -0.25) is 9.69 Å². The van der Waals surface area contributed by atoms with E-state index in [-0.39, 0.29) is 42.9 Å². The Hall–Kier alpha value is -0.0700. The summed E-state index contributed by atoms with van der Waals surface area (Å²) < 4.78 is 5.55. The lowest BCUT2D eigenvalue weighted by Gasteiger charge is -2.38. The summed E-state index contributed by atoms with van der Waals surface area (Å²) in [7, 11) is 0. The van der Waals surface area contributed by atoms with Gasteiger partial charge in [-0.15, -0.1) is 24.8 Å². The van der Waals surface area contributed by atoms with Gasteiger partial charge in [0.2, 0.25) is 5.91 Å². The molecular weight excluding hydrogens is 301 g/mol. The molecule has 1 N–H and O–H groups in total. The van der Waals surface area contributed by atoms with Crippen LogP contribution in [0.15, 0.2) is 0 Å². The lowest BCUT2D eigenvalue weighted by Crippen LogP contribution is -2.59. The molecule has 2 atom stereocenters. The fraction of sp³-hybridized carbons (Fsp3) is 0.923. The van der Waals surface area contributed by atoms with E-state index in [9.17, 15) is 4.79 Å². The predicted molar refractivity (Wildman–Crippen MR) is 82.9 cm³/mol. The van der Waals surface area contributed by atoms with Crippen LogP contribution in [0.1, 0.15) is 19.8 Å². The van der Waals surface area contributed by atoms with Gasteiger partial charge in [-0.1, -0.05) is 0 Å². The van der Waals surface area contributed by atoms with Crippen LogP contribution < -0.4 is 5.32 Å². The second-order valence-electron chi connectivity index (χ2n) is 5.60. The van der Waals surface area contributed by atoms with Crippen molar-refractivity contribution in [3.8, 4) is 0 Å². The Kier molecular flexibility index (Phi) is 7.01. The van der Waals surface area contributed by atoms with Gasteiger partial charge in [-0.25, -0.2) is 0 Å². The quantitative estimate of drug-likeness (QED) is 0.803. The highest BCUT2D eigenvalue weighted by Gasteiger charge is 2.36. The number of rotatable bonds is 2. The Bertz CT molecular complexity index is 321. The van der Waals surface area contributed by atoms with Crippen LogP contribution in [0.4, 0.5) is 0 Å². The van der Waals surface area contributed by atoms with E-state index >= 15 is 0 Å². The van der Waals surface area contributed by atoms with Crippen LogP contribution in [0.2, 0.25) is 0 Å². The molecule has 3 rings (SSSR count). The minimum absolute atomic E-state index is 0. The summed E-state index contributed by atoms with van der Waals surface area (Å²) in [5.41, 5.74) is 0. The summed E-state index contributed by atoms with van der Waals surface area (Å²) >= 11 is 0. The minimum Gasteiger partial charge on any atom is -0.375 e. The number of carbonyl (C=O) groups excluding carboxylic acids is 1. The molecule has 1 saturated carbocycles. The number of morpholine rings is 1. The van der Waals surface area contributed by atoms with Gasteiger partial charge >= 0.3 is 0 Å². The average Bonchev–Trinajstić information content (AvgIpc) is 3.23. The Morgan fingerprint density at radius 2 is 1.80 bits per heavy atom. The summed E-state index contributed by atoms with van der Waals surface area (Å²) in [6, 6.07) is 0.670. The lowest BCUT2D eigenvalue weighted by atomic mass is 10.1. The van der Waals surface area contributed by atoms with Gasteiger partial charge in [0.05, 0.1) is 12.7 Å². The van der Waals surface area contributed by atoms with Crippen LogP contribution in [-0.2, 0) is 9.53 Å². The molecule has 1 aliphatic carbocycles. The number of piperazine rings is 1. The molecule has 1 amide bonds. The van der Waals surface area contributed by atoms with E-state index < -0.39 is 0 Å². The average molecular weight is 326 g/mol. The van der Waals surface area contributed by atoms with Crippen LogP contribution in [0, 0.1) is 0 Å². The van der Waals surface area contributed by atoms with Gasteiger partial charge in [0.15, 0.2) is 0 Å². The molecular formula is C13H25Cl2N3O2. The summed E-state index contributed by atoms with van der Waals surface area (Å²) in [5.74, 6) is 0.220. The standard InChI is InChI=1S/C13H23N3O2.2ClH/c1-10-12(14-4-9-18-10)13(17)16-7-5-15(6-8-16)11-2-3-11;;/h10-12,14H,2-9H2,1H3;2*1H/t10-,12+;;/m1../s1. The molecule has 3 fully saturated rings. The van der Waals surface area contributed by atoms with Crippen molar-refractivity contribution >= 4 is 30.7 Å². The van der Waals surface area contributed by atoms with Crippen molar-refractivity contribution in [2.24, 2.45) is 0 Å². The van der Waals surface area contributed by atoms with E-state index in [1.807, 2.05) is 11.8 Å². The second kappa shape index (κ2) is 7.80. The fourth-order valence-electron chi connectivity index (χ4n) is 2.95. The number of hydrogen-bond acceptors (Lipinski definition) is 4. The third-order valence-electron chi connectivity index (χ3n) is 4.27. The summed E-state index contributed by atoms with van der Waals surface area (Å²) in [4.78, 5) is 16.9. The van der Waals surface area contributed by atoms with Gasteiger partial charge < -0.3 is 15.0 Å². The van der Waals surface area contributed by atoms with Crippen molar-refractivity contribution in [1.82, 2.24) is 15.1 Å². The lowest BCUT2D eigenvalue weighted by molar-refractivity contribution is -0.141. The Morgan fingerprint density at radius 3 is 2.35 bits per heavy atom. The molecule has 2 aliphatic heterocycles. The zero-order valence-corrected chi connectivity index (χ0v) is 13.5. The minimum atomic E-state index is -0.147. The number of ether oxygens (including phenoxy) is 1. The Labute approximate surface area is 133 Å². The van der Waals surface area contributed by atoms with E-state index in [4.69, 9.17) is 4.74 Å². The molecule has 7 heteroatoms. The first kappa shape index (κ1) is 18.0. The van der Waals surface area contributed by atoms with Crippen molar-refractivity contribution in [2.75, 3.05) is 39.3 Å². The number of halogens is 2. The van der Waals surface area contributed by atoms with Crippen molar-refractivity contribution in [1.29, 1.82) is 0 Å². The first-order valence-corrected chi connectivity index (χ1v) is 7.13.